The monoisotopic (exact) mass is 321 g/mol. The second kappa shape index (κ2) is 6.56. The van der Waals surface area contributed by atoms with E-state index in [1.807, 2.05) is 4.90 Å². The molecule has 0 saturated carbocycles. The lowest BCUT2D eigenvalue weighted by molar-refractivity contribution is -0.134. The number of likely N-dealkylation sites (tertiary alicyclic amines) is 1. The normalized spacial score (nSPS) is 22.0. The van der Waals surface area contributed by atoms with Gasteiger partial charge in [-0.2, -0.15) is 0 Å². The zero-order chi connectivity index (χ0) is 15.5. The maximum absolute atomic E-state index is 12.4. The molecule has 2 aromatic rings. The van der Waals surface area contributed by atoms with E-state index in [1.54, 1.807) is 18.4 Å². The fourth-order valence-corrected chi connectivity index (χ4v) is 3.51. The molecule has 6 nitrogen and oxygen atoms in total. The molecule has 0 bridgehead atoms. The van der Waals surface area contributed by atoms with Crippen LogP contribution in [0.4, 0.5) is 0 Å². The first kappa shape index (κ1) is 15.1. The molecule has 3 rings (SSSR count). The Labute approximate surface area is 133 Å². The summed E-state index contributed by atoms with van der Waals surface area (Å²) in [5, 5.41) is 8.25. The smallest absolute Gasteiger partial charge is 0.284 e. The Morgan fingerprint density at radius 1 is 1.36 bits per heavy atom. The summed E-state index contributed by atoms with van der Waals surface area (Å²) < 4.78 is 10.7. The first-order valence-electron chi connectivity index (χ1n) is 7.46. The molecule has 118 valence electrons. The van der Waals surface area contributed by atoms with Gasteiger partial charge in [0.1, 0.15) is 0 Å². The summed E-state index contributed by atoms with van der Waals surface area (Å²) in [4.78, 5) is 14.4. The predicted octanol–water partition coefficient (Wildman–Crippen LogP) is 3.21. The Bertz CT molecular complexity index is 616. The van der Waals surface area contributed by atoms with Crippen LogP contribution in [0.3, 0.4) is 0 Å². The van der Waals surface area contributed by atoms with Crippen molar-refractivity contribution in [1.82, 2.24) is 15.1 Å². The average molecular weight is 321 g/mol. The third-order valence-electron chi connectivity index (χ3n) is 3.94. The van der Waals surface area contributed by atoms with E-state index in [1.165, 1.54) is 18.2 Å². The highest BCUT2D eigenvalue weighted by atomic mass is 32.2. The van der Waals surface area contributed by atoms with Crippen LogP contribution in [0.2, 0.25) is 0 Å². The van der Waals surface area contributed by atoms with Gasteiger partial charge in [0.25, 0.3) is 11.1 Å². The van der Waals surface area contributed by atoms with Crippen molar-refractivity contribution >= 4 is 17.7 Å². The minimum Gasteiger partial charge on any atom is -0.459 e. The van der Waals surface area contributed by atoms with E-state index in [0.29, 0.717) is 34.7 Å². The molecule has 7 heteroatoms. The molecule has 1 fully saturated rings. The van der Waals surface area contributed by atoms with Gasteiger partial charge in [0.15, 0.2) is 5.76 Å². The van der Waals surface area contributed by atoms with Crippen LogP contribution in [0.1, 0.15) is 33.1 Å². The summed E-state index contributed by atoms with van der Waals surface area (Å²) in [5.74, 6) is 1.31. The standard InChI is InChI=1S/C15H19N3O3S/c1-10-5-3-6-11(2)18(10)13(19)9-22-15-17-16-14(21-15)12-7-4-8-20-12/h4,7-8,10-11H,3,5-6,9H2,1-2H3/t10-,11-/m0/s1. The number of carbonyl (C=O) groups excluding carboxylic acids is 1. The van der Waals surface area contributed by atoms with Gasteiger partial charge in [-0.05, 0) is 45.2 Å². The molecule has 0 N–H and O–H groups in total. The van der Waals surface area contributed by atoms with Gasteiger partial charge in [0, 0.05) is 12.1 Å². The van der Waals surface area contributed by atoms with Gasteiger partial charge in [-0.15, -0.1) is 10.2 Å². The molecule has 2 aromatic heterocycles. The zero-order valence-corrected chi connectivity index (χ0v) is 13.5. The first-order chi connectivity index (χ1) is 10.6. The highest BCUT2D eigenvalue weighted by Crippen LogP contribution is 2.26. The SMILES string of the molecule is C[C@H]1CCC[C@H](C)N1C(=O)CSc1nnc(-c2ccco2)o1. The van der Waals surface area contributed by atoms with Crippen LogP contribution in [0, 0.1) is 0 Å². The van der Waals surface area contributed by atoms with Crippen molar-refractivity contribution < 1.29 is 13.6 Å². The fraction of sp³-hybridized carbons (Fsp3) is 0.533. The molecular weight excluding hydrogens is 302 g/mol. The zero-order valence-electron chi connectivity index (χ0n) is 12.7. The molecule has 0 aromatic carbocycles. The van der Waals surface area contributed by atoms with E-state index in [0.717, 1.165) is 12.8 Å². The van der Waals surface area contributed by atoms with Gasteiger partial charge in [-0.1, -0.05) is 11.8 Å². The van der Waals surface area contributed by atoms with Crippen molar-refractivity contribution in [2.24, 2.45) is 0 Å². The van der Waals surface area contributed by atoms with Crippen LogP contribution in [-0.2, 0) is 4.79 Å². The third-order valence-corrected chi connectivity index (χ3v) is 4.74. The number of carbonyl (C=O) groups is 1. The molecule has 1 aliphatic rings. The molecule has 1 saturated heterocycles. The lowest BCUT2D eigenvalue weighted by Gasteiger charge is -2.39. The maximum Gasteiger partial charge on any atom is 0.284 e. The lowest BCUT2D eigenvalue weighted by atomic mass is 9.98. The molecule has 22 heavy (non-hydrogen) atoms. The fourth-order valence-electron chi connectivity index (χ4n) is 2.88. The number of hydrogen-bond acceptors (Lipinski definition) is 6. The third kappa shape index (κ3) is 3.19. The van der Waals surface area contributed by atoms with Crippen LogP contribution in [-0.4, -0.2) is 38.8 Å². The Hall–Kier alpha value is -1.76. The Balaban J connectivity index is 1.59. The van der Waals surface area contributed by atoms with Gasteiger partial charge in [0.05, 0.1) is 12.0 Å². The summed E-state index contributed by atoms with van der Waals surface area (Å²) in [7, 11) is 0. The van der Waals surface area contributed by atoms with Crippen molar-refractivity contribution in [3.63, 3.8) is 0 Å². The van der Waals surface area contributed by atoms with Gasteiger partial charge < -0.3 is 13.7 Å². The molecule has 1 amide bonds. The number of hydrogen-bond donors (Lipinski definition) is 0. The minimum absolute atomic E-state index is 0.127. The molecular formula is C15H19N3O3S. The molecule has 0 unspecified atom stereocenters. The van der Waals surface area contributed by atoms with Gasteiger partial charge in [0.2, 0.25) is 5.91 Å². The summed E-state index contributed by atoms with van der Waals surface area (Å²) in [6.07, 6.45) is 4.89. The molecule has 0 radical (unpaired) electrons. The quantitative estimate of drug-likeness (QED) is 0.805. The van der Waals surface area contributed by atoms with Crippen LogP contribution < -0.4 is 0 Å². The Kier molecular flexibility index (Phi) is 4.52. The van der Waals surface area contributed by atoms with Crippen molar-refractivity contribution in [2.45, 2.75) is 50.4 Å². The average Bonchev–Trinajstić information content (AvgIpc) is 3.16. The van der Waals surface area contributed by atoms with E-state index in [9.17, 15) is 4.79 Å². The van der Waals surface area contributed by atoms with Crippen LogP contribution in [0.5, 0.6) is 0 Å². The van der Waals surface area contributed by atoms with Crippen molar-refractivity contribution in [3.8, 4) is 11.7 Å². The van der Waals surface area contributed by atoms with E-state index in [4.69, 9.17) is 8.83 Å². The summed E-state index contributed by atoms with van der Waals surface area (Å²) in [6, 6.07) is 4.12. The number of amides is 1. The molecule has 3 heterocycles. The van der Waals surface area contributed by atoms with Crippen LogP contribution >= 0.6 is 11.8 Å². The summed E-state index contributed by atoms with van der Waals surface area (Å²) in [5.41, 5.74) is 0. The number of furan rings is 1. The number of aromatic nitrogens is 2. The van der Waals surface area contributed by atoms with Gasteiger partial charge in [-0.25, -0.2) is 0 Å². The number of rotatable bonds is 4. The van der Waals surface area contributed by atoms with Crippen LogP contribution in [0.15, 0.2) is 32.5 Å². The van der Waals surface area contributed by atoms with Crippen molar-refractivity contribution in [3.05, 3.63) is 18.4 Å². The highest BCUT2D eigenvalue weighted by molar-refractivity contribution is 7.99. The number of piperidine rings is 1. The largest absolute Gasteiger partial charge is 0.459 e. The second-order valence-corrected chi connectivity index (χ2v) is 6.50. The topological polar surface area (TPSA) is 72.4 Å². The minimum atomic E-state index is 0.127. The maximum atomic E-state index is 12.4. The van der Waals surface area contributed by atoms with Crippen LogP contribution in [0.25, 0.3) is 11.7 Å². The van der Waals surface area contributed by atoms with Gasteiger partial charge >= 0.3 is 0 Å². The van der Waals surface area contributed by atoms with Crippen molar-refractivity contribution in [1.29, 1.82) is 0 Å². The van der Waals surface area contributed by atoms with Crippen molar-refractivity contribution in [2.75, 3.05) is 5.75 Å². The Morgan fingerprint density at radius 3 is 2.82 bits per heavy atom. The van der Waals surface area contributed by atoms with Gasteiger partial charge in [-0.3, -0.25) is 4.79 Å². The Morgan fingerprint density at radius 2 is 2.14 bits per heavy atom. The predicted molar refractivity (Wildman–Crippen MR) is 82.3 cm³/mol. The second-order valence-electron chi connectivity index (χ2n) is 5.57. The number of nitrogens with zero attached hydrogens (tertiary/aromatic N) is 3. The molecule has 1 aliphatic heterocycles. The molecule has 2 atom stereocenters. The van der Waals surface area contributed by atoms with E-state index in [2.05, 4.69) is 24.0 Å². The van der Waals surface area contributed by atoms with E-state index < -0.39 is 0 Å². The lowest BCUT2D eigenvalue weighted by Crippen LogP contribution is -2.48. The molecule has 0 spiro atoms. The molecule has 0 aliphatic carbocycles. The first-order valence-corrected chi connectivity index (χ1v) is 8.45. The highest BCUT2D eigenvalue weighted by Gasteiger charge is 2.29. The van der Waals surface area contributed by atoms with E-state index in [-0.39, 0.29) is 5.91 Å². The number of thioether (sulfide) groups is 1. The summed E-state index contributed by atoms with van der Waals surface area (Å²) in [6.45, 7) is 4.22. The summed E-state index contributed by atoms with van der Waals surface area (Å²) >= 11 is 1.27. The van der Waals surface area contributed by atoms with E-state index >= 15 is 0 Å².